The molecule has 0 spiro atoms. The summed E-state index contributed by atoms with van der Waals surface area (Å²) in [5.41, 5.74) is 0.950. The number of carbonyl (C=O) groups is 1. The number of urea groups is 1. The summed E-state index contributed by atoms with van der Waals surface area (Å²) in [4.78, 5) is 22.2. The zero-order chi connectivity index (χ0) is 19.1. The molecule has 2 aromatic carbocycles. The third kappa shape index (κ3) is 4.81. The summed E-state index contributed by atoms with van der Waals surface area (Å²) in [7, 11) is 0. The van der Waals surface area contributed by atoms with Gasteiger partial charge in [0.2, 0.25) is 0 Å². The first-order valence-corrected chi connectivity index (χ1v) is 7.44. The molecule has 2 amide bonds. The van der Waals surface area contributed by atoms with Crippen molar-refractivity contribution >= 4 is 40.8 Å². The number of hydrogen-bond acceptors (Lipinski definition) is 5. The number of nitro benzene ring substituents is 1. The summed E-state index contributed by atoms with van der Waals surface area (Å²) in [5.74, 6) is 0. The molecule has 2 N–H and O–H groups in total. The Morgan fingerprint density at radius 2 is 1.65 bits per heavy atom. The number of benzene rings is 2. The van der Waals surface area contributed by atoms with Gasteiger partial charge in [-0.2, -0.15) is 10.5 Å². The van der Waals surface area contributed by atoms with Gasteiger partial charge in [-0.3, -0.25) is 10.1 Å². The van der Waals surface area contributed by atoms with Crippen molar-refractivity contribution in [1.29, 1.82) is 10.5 Å². The van der Waals surface area contributed by atoms with E-state index in [4.69, 9.17) is 22.1 Å². The first-order valence-electron chi connectivity index (χ1n) is 7.07. The van der Waals surface area contributed by atoms with E-state index in [0.29, 0.717) is 11.3 Å². The van der Waals surface area contributed by atoms with Crippen LogP contribution in [0.4, 0.5) is 21.9 Å². The van der Waals surface area contributed by atoms with Crippen LogP contribution in [0.15, 0.2) is 48.0 Å². The second-order valence-corrected chi connectivity index (χ2v) is 5.31. The maximum Gasteiger partial charge on any atom is 0.323 e. The number of nitro groups is 1. The Balaban J connectivity index is 2.06. The summed E-state index contributed by atoms with van der Waals surface area (Å²) in [5, 5.41) is 33.3. The quantitative estimate of drug-likeness (QED) is 0.471. The van der Waals surface area contributed by atoms with Gasteiger partial charge in [0.15, 0.2) is 0 Å². The molecule has 26 heavy (non-hydrogen) atoms. The van der Waals surface area contributed by atoms with Gasteiger partial charge in [0.1, 0.15) is 22.7 Å². The molecule has 9 heteroatoms. The lowest BCUT2D eigenvalue weighted by Crippen LogP contribution is -2.19. The summed E-state index contributed by atoms with van der Waals surface area (Å²) in [6, 6.07) is 13.2. The van der Waals surface area contributed by atoms with Crippen LogP contribution in [-0.2, 0) is 0 Å². The molecule has 2 aromatic rings. The molecule has 2 rings (SSSR count). The van der Waals surface area contributed by atoms with Gasteiger partial charge >= 0.3 is 6.03 Å². The van der Waals surface area contributed by atoms with Gasteiger partial charge < -0.3 is 10.6 Å². The molecule has 0 aliphatic heterocycles. The smallest absolute Gasteiger partial charge is 0.308 e. The number of nitrogens with one attached hydrogen (secondary N) is 2. The van der Waals surface area contributed by atoms with E-state index in [2.05, 4.69) is 10.6 Å². The van der Waals surface area contributed by atoms with Crippen LogP contribution in [-0.4, -0.2) is 11.0 Å². The fourth-order valence-corrected chi connectivity index (χ4v) is 2.13. The minimum atomic E-state index is -0.644. The van der Waals surface area contributed by atoms with Crippen molar-refractivity contribution in [3.8, 4) is 12.1 Å². The molecule has 0 aromatic heterocycles. The Bertz CT molecular complexity index is 955. The zero-order valence-corrected chi connectivity index (χ0v) is 13.8. The Hall–Kier alpha value is -3.88. The number of nitrogens with zero attached hydrogens (tertiary/aromatic N) is 3. The highest BCUT2D eigenvalue weighted by Gasteiger charge is 2.13. The van der Waals surface area contributed by atoms with Gasteiger partial charge in [-0.05, 0) is 35.9 Å². The standard InChI is InChI=1S/C17H10ClN5O3/c18-15-6-5-14(8-16(15)23(25)26)22-17(24)21-13-3-1-11(2-4-13)7-12(9-19)10-20/h1-8H,(H2,21,22,24). The predicted molar refractivity (Wildman–Crippen MR) is 96.4 cm³/mol. The third-order valence-electron chi connectivity index (χ3n) is 3.12. The van der Waals surface area contributed by atoms with Crippen molar-refractivity contribution in [1.82, 2.24) is 0 Å². The average Bonchev–Trinajstić information content (AvgIpc) is 2.62. The zero-order valence-electron chi connectivity index (χ0n) is 13.1. The summed E-state index contributed by atoms with van der Waals surface area (Å²) >= 11 is 5.71. The van der Waals surface area contributed by atoms with E-state index in [9.17, 15) is 14.9 Å². The number of allylic oxidation sites excluding steroid dienone is 1. The van der Waals surface area contributed by atoms with E-state index in [-0.39, 0.29) is 22.0 Å². The molecule has 0 radical (unpaired) electrons. The molecule has 0 fully saturated rings. The lowest BCUT2D eigenvalue weighted by molar-refractivity contribution is -0.384. The number of carbonyl (C=O) groups excluding carboxylic acids is 1. The molecule has 0 atom stereocenters. The van der Waals surface area contributed by atoms with E-state index < -0.39 is 11.0 Å². The maximum atomic E-state index is 12.0. The molecular formula is C17H10ClN5O3. The van der Waals surface area contributed by atoms with E-state index in [1.165, 1.54) is 18.2 Å². The molecule has 0 saturated carbocycles. The van der Waals surface area contributed by atoms with Crippen LogP contribution >= 0.6 is 11.6 Å². The molecule has 0 aliphatic rings. The highest BCUT2D eigenvalue weighted by Crippen LogP contribution is 2.27. The minimum absolute atomic E-state index is 0.0290. The number of halogens is 1. The first-order chi connectivity index (χ1) is 12.4. The maximum absolute atomic E-state index is 12.0. The van der Waals surface area contributed by atoms with Gasteiger partial charge in [0, 0.05) is 17.4 Å². The third-order valence-corrected chi connectivity index (χ3v) is 3.44. The van der Waals surface area contributed by atoms with E-state index in [1.807, 2.05) is 0 Å². The van der Waals surface area contributed by atoms with Crippen molar-refractivity contribution in [3.05, 3.63) is 68.7 Å². The lowest BCUT2D eigenvalue weighted by atomic mass is 10.1. The molecule has 0 bridgehead atoms. The lowest BCUT2D eigenvalue weighted by Gasteiger charge is -2.08. The fourth-order valence-electron chi connectivity index (χ4n) is 1.94. The molecular weight excluding hydrogens is 358 g/mol. The number of anilines is 2. The normalized spacial score (nSPS) is 9.35. The van der Waals surface area contributed by atoms with Crippen molar-refractivity contribution in [3.63, 3.8) is 0 Å². The van der Waals surface area contributed by atoms with Crippen molar-refractivity contribution in [2.75, 3.05) is 10.6 Å². The topological polar surface area (TPSA) is 132 Å². The number of hydrogen-bond donors (Lipinski definition) is 2. The predicted octanol–water partition coefficient (Wildman–Crippen LogP) is 4.32. The summed E-state index contributed by atoms with van der Waals surface area (Å²) in [6.07, 6.45) is 1.41. The summed E-state index contributed by atoms with van der Waals surface area (Å²) in [6.45, 7) is 0. The average molecular weight is 368 g/mol. The molecule has 0 unspecified atom stereocenters. The van der Waals surface area contributed by atoms with E-state index in [1.54, 1.807) is 36.4 Å². The van der Waals surface area contributed by atoms with Crippen LogP contribution in [0.3, 0.4) is 0 Å². The molecule has 0 saturated heterocycles. The minimum Gasteiger partial charge on any atom is -0.308 e. The van der Waals surface area contributed by atoms with Crippen LogP contribution in [0.2, 0.25) is 5.02 Å². The monoisotopic (exact) mass is 367 g/mol. The van der Waals surface area contributed by atoms with Crippen LogP contribution in [0.1, 0.15) is 5.56 Å². The SMILES string of the molecule is N#CC(C#N)=Cc1ccc(NC(=O)Nc2ccc(Cl)c([N+](=O)[O-])c2)cc1. The van der Waals surface area contributed by atoms with Gasteiger partial charge in [0.25, 0.3) is 5.69 Å². The second kappa shape index (κ2) is 8.29. The Labute approximate surface area is 153 Å². The van der Waals surface area contributed by atoms with Gasteiger partial charge in [-0.15, -0.1) is 0 Å². The van der Waals surface area contributed by atoms with E-state index >= 15 is 0 Å². The van der Waals surface area contributed by atoms with Crippen LogP contribution in [0.5, 0.6) is 0 Å². The van der Waals surface area contributed by atoms with Crippen LogP contribution in [0.25, 0.3) is 6.08 Å². The Morgan fingerprint density at radius 3 is 2.23 bits per heavy atom. The van der Waals surface area contributed by atoms with Crippen molar-refractivity contribution in [2.45, 2.75) is 0 Å². The number of rotatable bonds is 4. The van der Waals surface area contributed by atoms with Gasteiger partial charge in [-0.25, -0.2) is 4.79 Å². The second-order valence-electron chi connectivity index (χ2n) is 4.91. The number of nitriles is 2. The van der Waals surface area contributed by atoms with Gasteiger partial charge in [-0.1, -0.05) is 23.7 Å². The van der Waals surface area contributed by atoms with Gasteiger partial charge in [0.05, 0.1) is 4.92 Å². The molecule has 0 heterocycles. The van der Waals surface area contributed by atoms with Crippen LogP contribution in [0, 0.1) is 32.8 Å². The molecule has 8 nitrogen and oxygen atoms in total. The van der Waals surface area contributed by atoms with E-state index in [0.717, 1.165) is 6.07 Å². The van der Waals surface area contributed by atoms with Crippen LogP contribution < -0.4 is 10.6 Å². The highest BCUT2D eigenvalue weighted by molar-refractivity contribution is 6.32. The number of amides is 2. The van der Waals surface area contributed by atoms with Crippen molar-refractivity contribution in [2.24, 2.45) is 0 Å². The first kappa shape index (κ1) is 18.5. The molecule has 128 valence electrons. The highest BCUT2D eigenvalue weighted by atomic mass is 35.5. The van der Waals surface area contributed by atoms with Crippen molar-refractivity contribution < 1.29 is 9.72 Å². The Morgan fingerprint density at radius 1 is 1.08 bits per heavy atom. The fraction of sp³-hybridized carbons (Fsp3) is 0. The molecule has 0 aliphatic carbocycles. The Kier molecular flexibility index (Phi) is 5.88. The summed E-state index contributed by atoms with van der Waals surface area (Å²) < 4.78 is 0. The largest absolute Gasteiger partial charge is 0.323 e.